The monoisotopic (exact) mass is 787 g/mol. The molecule has 0 fully saturated rings. The number of carbonyl (C=O) groups is 5. The summed E-state index contributed by atoms with van der Waals surface area (Å²) in [6.45, 7) is 17.7. The fourth-order valence-electron chi connectivity index (χ4n) is 5.76. The standard InChI is InChI=1S/C43H57N5O9/c1-13-24-48(26-28-14-19-32-31(25-28)38(52)45-27(2)44-32)30-17-15-29(16-18-30)37(51)46-33(39(53)56-42(6,7)8)20-22-35(49)47(12)34(40(54)57-43(9,10)11)21-23-36(50)55-41(3,4)5/h1,14-19,25,33-34H,20-24,26H2,2-12H3,(H,46,51)(H,44,45,52)/t33-,34-/m0/s1. The maximum absolute atomic E-state index is 13.6. The van der Waals surface area contributed by atoms with Crippen LogP contribution in [0.4, 0.5) is 5.69 Å². The van der Waals surface area contributed by atoms with E-state index in [1.165, 1.54) is 11.9 Å². The van der Waals surface area contributed by atoms with Crippen molar-refractivity contribution in [3.8, 4) is 12.3 Å². The number of benzene rings is 2. The Bertz CT molecular complexity index is 2030. The SMILES string of the molecule is C#CCN(Cc1ccc2nc(C)[nH]c(=O)c2c1)c1ccc(C(=O)N[C@@H](CCC(=O)N(C)[C@@H](CCC(=O)OC(C)(C)C)C(=O)OC(C)(C)C)C(=O)OC(C)(C)C)cc1. The molecular formula is C43H57N5O9. The van der Waals surface area contributed by atoms with Crippen LogP contribution in [0.2, 0.25) is 0 Å². The number of fused-ring (bicyclic) bond motifs is 1. The van der Waals surface area contributed by atoms with Crippen molar-refractivity contribution in [2.24, 2.45) is 0 Å². The molecule has 0 aliphatic heterocycles. The first-order valence-electron chi connectivity index (χ1n) is 18.9. The van der Waals surface area contributed by atoms with Gasteiger partial charge in [0.1, 0.15) is 34.7 Å². The molecule has 14 heteroatoms. The van der Waals surface area contributed by atoms with Gasteiger partial charge in [0.2, 0.25) is 5.91 Å². The van der Waals surface area contributed by atoms with Gasteiger partial charge in [-0.05, 0) is 124 Å². The second-order valence-corrected chi connectivity index (χ2v) is 16.9. The number of aryl methyl sites for hydroxylation is 1. The molecule has 1 aromatic heterocycles. The number of amides is 2. The predicted octanol–water partition coefficient (Wildman–Crippen LogP) is 5.38. The van der Waals surface area contributed by atoms with Gasteiger partial charge in [-0.15, -0.1) is 6.42 Å². The molecule has 1 heterocycles. The highest BCUT2D eigenvalue weighted by Crippen LogP contribution is 2.22. The Morgan fingerprint density at radius 2 is 1.44 bits per heavy atom. The van der Waals surface area contributed by atoms with Crippen molar-refractivity contribution in [1.29, 1.82) is 0 Å². The average molecular weight is 788 g/mol. The largest absolute Gasteiger partial charge is 0.460 e. The van der Waals surface area contributed by atoms with E-state index >= 15 is 0 Å². The smallest absolute Gasteiger partial charge is 0.329 e. The van der Waals surface area contributed by atoms with Gasteiger partial charge in [-0.25, -0.2) is 14.6 Å². The van der Waals surface area contributed by atoms with Crippen LogP contribution in [0.5, 0.6) is 0 Å². The highest BCUT2D eigenvalue weighted by atomic mass is 16.6. The molecule has 3 rings (SSSR count). The number of hydrogen-bond acceptors (Lipinski definition) is 11. The van der Waals surface area contributed by atoms with Crippen molar-refractivity contribution in [3.05, 3.63) is 69.8 Å². The normalized spacial score (nSPS) is 12.8. The summed E-state index contributed by atoms with van der Waals surface area (Å²) < 4.78 is 16.6. The fourth-order valence-corrected chi connectivity index (χ4v) is 5.76. The van der Waals surface area contributed by atoms with Crippen LogP contribution < -0.4 is 15.8 Å². The van der Waals surface area contributed by atoms with Crippen LogP contribution in [-0.4, -0.2) is 87.1 Å². The summed E-state index contributed by atoms with van der Waals surface area (Å²) in [4.78, 5) is 89.0. The van der Waals surface area contributed by atoms with Crippen LogP contribution in [0.25, 0.3) is 10.9 Å². The van der Waals surface area contributed by atoms with Crippen molar-refractivity contribution in [2.45, 2.75) is 130 Å². The first kappa shape index (κ1) is 45.7. The zero-order valence-corrected chi connectivity index (χ0v) is 35.0. The molecule has 2 atom stereocenters. The number of terminal acetylenes is 1. The maximum atomic E-state index is 13.6. The molecule has 0 saturated heterocycles. The lowest BCUT2D eigenvalue weighted by molar-refractivity contribution is -0.166. The molecule has 0 spiro atoms. The third-order valence-corrected chi connectivity index (χ3v) is 8.26. The molecule has 2 amide bonds. The number of aromatic nitrogens is 2. The number of H-pyrrole nitrogens is 1. The van der Waals surface area contributed by atoms with E-state index in [4.69, 9.17) is 20.6 Å². The number of nitrogens with one attached hydrogen (secondary N) is 2. The summed E-state index contributed by atoms with van der Waals surface area (Å²) in [5.41, 5.74) is -0.348. The average Bonchev–Trinajstić information content (AvgIpc) is 3.07. The maximum Gasteiger partial charge on any atom is 0.329 e. The molecule has 0 radical (unpaired) electrons. The number of anilines is 1. The van der Waals surface area contributed by atoms with Gasteiger partial charge < -0.3 is 34.3 Å². The second kappa shape index (κ2) is 19.0. The van der Waals surface area contributed by atoms with Crippen molar-refractivity contribution in [2.75, 3.05) is 18.5 Å². The summed E-state index contributed by atoms with van der Waals surface area (Å²) in [7, 11) is 1.43. The minimum absolute atomic E-state index is 0.0493. The van der Waals surface area contributed by atoms with E-state index in [0.717, 1.165) is 5.56 Å². The minimum atomic E-state index is -1.22. The highest BCUT2D eigenvalue weighted by Gasteiger charge is 2.34. The number of likely N-dealkylation sites (N-methyl/N-ethyl adjacent to an activating group) is 1. The third-order valence-electron chi connectivity index (χ3n) is 8.26. The number of hydrogen-bond donors (Lipinski definition) is 2. The number of esters is 3. The van der Waals surface area contributed by atoms with E-state index in [0.29, 0.717) is 29.0 Å². The van der Waals surface area contributed by atoms with Crippen LogP contribution >= 0.6 is 0 Å². The molecule has 0 saturated carbocycles. The van der Waals surface area contributed by atoms with E-state index in [1.807, 2.05) is 11.0 Å². The minimum Gasteiger partial charge on any atom is -0.460 e. The summed E-state index contributed by atoms with van der Waals surface area (Å²) in [6.07, 6.45) is 5.11. The molecule has 0 unspecified atom stereocenters. The van der Waals surface area contributed by atoms with E-state index in [9.17, 15) is 28.8 Å². The highest BCUT2D eigenvalue weighted by molar-refractivity contribution is 5.97. The van der Waals surface area contributed by atoms with Gasteiger partial charge in [-0.1, -0.05) is 12.0 Å². The Balaban J connectivity index is 1.78. The molecule has 308 valence electrons. The fraction of sp³-hybridized carbons (Fsp3) is 0.512. The van der Waals surface area contributed by atoms with Crippen molar-refractivity contribution < 1.29 is 38.2 Å². The zero-order chi connectivity index (χ0) is 42.9. The molecule has 14 nitrogen and oxygen atoms in total. The summed E-state index contributed by atoms with van der Waals surface area (Å²) in [6, 6.07) is 9.72. The lowest BCUT2D eigenvalue weighted by Crippen LogP contribution is -2.47. The third kappa shape index (κ3) is 14.7. The van der Waals surface area contributed by atoms with Crippen LogP contribution in [0.15, 0.2) is 47.3 Å². The molecule has 2 N–H and O–H groups in total. The van der Waals surface area contributed by atoms with E-state index < -0.39 is 58.6 Å². The predicted molar refractivity (Wildman–Crippen MR) is 217 cm³/mol. The van der Waals surface area contributed by atoms with Gasteiger partial charge in [0.25, 0.3) is 11.5 Å². The molecule has 3 aromatic rings. The van der Waals surface area contributed by atoms with Gasteiger partial charge >= 0.3 is 17.9 Å². The molecule has 2 aromatic carbocycles. The summed E-state index contributed by atoms with van der Waals surface area (Å²) >= 11 is 0. The van der Waals surface area contributed by atoms with Gasteiger partial charge in [0.05, 0.1) is 17.4 Å². The lowest BCUT2D eigenvalue weighted by Gasteiger charge is -2.30. The Hall–Kier alpha value is -5.71. The van der Waals surface area contributed by atoms with Crippen LogP contribution in [0, 0.1) is 19.3 Å². The van der Waals surface area contributed by atoms with Gasteiger partial charge in [0, 0.05) is 37.7 Å². The Labute approximate surface area is 335 Å². The van der Waals surface area contributed by atoms with E-state index in [1.54, 1.807) is 106 Å². The van der Waals surface area contributed by atoms with Gasteiger partial charge in [-0.3, -0.25) is 19.2 Å². The van der Waals surface area contributed by atoms with Crippen molar-refractivity contribution >= 4 is 46.3 Å². The lowest BCUT2D eigenvalue weighted by atomic mass is 10.1. The number of nitrogens with zero attached hydrogens (tertiary/aromatic N) is 3. The Morgan fingerprint density at radius 3 is 2.02 bits per heavy atom. The zero-order valence-electron chi connectivity index (χ0n) is 35.0. The number of aromatic amines is 1. The summed E-state index contributed by atoms with van der Waals surface area (Å²) in [5, 5.41) is 3.17. The molecule has 0 aliphatic carbocycles. The first-order chi connectivity index (χ1) is 26.4. The van der Waals surface area contributed by atoms with Gasteiger partial charge in [0.15, 0.2) is 0 Å². The van der Waals surface area contributed by atoms with Crippen LogP contribution in [-0.2, 0) is 39.9 Å². The second-order valence-electron chi connectivity index (χ2n) is 16.9. The van der Waals surface area contributed by atoms with E-state index in [-0.39, 0.29) is 43.4 Å². The molecule has 0 aliphatic rings. The molecular weight excluding hydrogens is 730 g/mol. The number of carbonyl (C=O) groups excluding carboxylic acids is 5. The molecule has 57 heavy (non-hydrogen) atoms. The quantitative estimate of drug-likeness (QED) is 0.115. The van der Waals surface area contributed by atoms with Crippen LogP contribution in [0.3, 0.4) is 0 Å². The first-order valence-corrected chi connectivity index (χ1v) is 18.9. The Kier molecular flexibility index (Phi) is 15.2. The number of rotatable bonds is 15. The van der Waals surface area contributed by atoms with Gasteiger partial charge in [-0.2, -0.15) is 0 Å². The van der Waals surface area contributed by atoms with Crippen molar-refractivity contribution in [3.63, 3.8) is 0 Å². The summed E-state index contributed by atoms with van der Waals surface area (Å²) in [5.74, 6) is 0.112. The molecule has 0 bridgehead atoms. The number of ether oxygens (including phenoxy) is 3. The van der Waals surface area contributed by atoms with Crippen LogP contribution in [0.1, 0.15) is 110 Å². The topological polar surface area (TPSA) is 177 Å². The van der Waals surface area contributed by atoms with E-state index in [2.05, 4.69) is 21.2 Å². The van der Waals surface area contributed by atoms with Crippen molar-refractivity contribution in [1.82, 2.24) is 20.2 Å². The Morgan fingerprint density at radius 1 is 0.842 bits per heavy atom.